The second-order valence-electron chi connectivity index (χ2n) is 6.48. The minimum atomic E-state index is -0.714. The number of hydrogen-bond acceptors (Lipinski definition) is 5. The lowest BCUT2D eigenvalue weighted by atomic mass is 10.1. The van der Waals surface area contributed by atoms with Crippen LogP contribution in [0.25, 0.3) is 0 Å². The van der Waals surface area contributed by atoms with E-state index in [1.807, 2.05) is 18.2 Å². The van der Waals surface area contributed by atoms with Crippen molar-refractivity contribution in [1.29, 1.82) is 0 Å². The highest BCUT2D eigenvalue weighted by atomic mass is 16.5. The second-order valence-corrected chi connectivity index (χ2v) is 6.48. The molecule has 0 bridgehead atoms. The lowest BCUT2D eigenvalue weighted by Crippen LogP contribution is -2.44. The molecule has 2 N–H and O–H groups in total. The van der Waals surface area contributed by atoms with Crippen molar-refractivity contribution in [2.45, 2.75) is 6.10 Å². The molecule has 1 unspecified atom stereocenters. The van der Waals surface area contributed by atoms with Crippen LogP contribution in [-0.2, 0) is 14.3 Å². The maximum Gasteiger partial charge on any atom is 0.313 e. The molecule has 0 spiro atoms. The summed E-state index contributed by atoms with van der Waals surface area (Å²) in [5.41, 5.74) is 1.61. The van der Waals surface area contributed by atoms with Gasteiger partial charge in [0.15, 0.2) is 0 Å². The first-order valence-electron chi connectivity index (χ1n) is 9.28. The fraction of sp³-hybridized carbons (Fsp3) is 0.333. The zero-order valence-corrected chi connectivity index (χ0v) is 15.9. The third kappa shape index (κ3) is 5.31. The number of hydrogen-bond donors (Lipinski definition) is 2. The maximum absolute atomic E-state index is 12.1. The van der Waals surface area contributed by atoms with Gasteiger partial charge in [0.25, 0.3) is 0 Å². The van der Waals surface area contributed by atoms with E-state index in [0.29, 0.717) is 31.1 Å². The summed E-state index contributed by atoms with van der Waals surface area (Å²) in [6.45, 7) is 3.24. The molecule has 7 heteroatoms. The molecular weight excluding hydrogens is 358 g/mol. The van der Waals surface area contributed by atoms with E-state index in [2.05, 4.69) is 27.7 Å². The van der Waals surface area contributed by atoms with Gasteiger partial charge in [-0.1, -0.05) is 42.5 Å². The number of carbonyl (C=O) groups excluding carboxylic acids is 2. The molecule has 2 aromatic carbocycles. The third-order valence-electron chi connectivity index (χ3n) is 4.60. The van der Waals surface area contributed by atoms with Crippen LogP contribution in [0.5, 0.6) is 5.75 Å². The molecule has 1 aliphatic heterocycles. The zero-order chi connectivity index (χ0) is 19.8. The van der Waals surface area contributed by atoms with Gasteiger partial charge in [-0.05, 0) is 17.7 Å². The van der Waals surface area contributed by atoms with Crippen molar-refractivity contribution in [3.05, 3.63) is 60.2 Å². The predicted octanol–water partition coefficient (Wildman–Crippen LogP) is 1.82. The van der Waals surface area contributed by atoms with Gasteiger partial charge in [0.2, 0.25) is 0 Å². The standard InChI is InChI=1S/C21H25N3O4/c1-27-18-10-6-5-9-17(18)23-21(26)20(25)22-11-12-24-13-14-28-19(15-24)16-7-3-2-4-8-16/h2-10,19H,11-15H2,1H3,(H,22,25)(H,23,26). The van der Waals surface area contributed by atoms with Crippen molar-refractivity contribution in [2.24, 2.45) is 0 Å². The summed E-state index contributed by atoms with van der Waals surface area (Å²) < 4.78 is 11.0. The molecule has 0 saturated carbocycles. The summed E-state index contributed by atoms with van der Waals surface area (Å²) in [5, 5.41) is 5.24. The van der Waals surface area contributed by atoms with E-state index in [1.165, 1.54) is 7.11 Å². The van der Waals surface area contributed by atoms with Crippen LogP contribution < -0.4 is 15.4 Å². The quantitative estimate of drug-likeness (QED) is 0.744. The average Bonchev–Trinajstić information content (AvgIpc) is 2.75. The molecule has 2 amide bonds. The number of para-hydroxylation sites is 2. The summed E-state index contributed by atoms with van der Waals surface area (Å²) in [5.74, 6) is -0.878. The molecule has 148 valence electrons. The molecule has 28 heavy (non-hydrogen) atoms. The van der Waals surface area contributed by atoms with Crippen molar-refractivity contribution in [3.63, 3.8) is 0 Å². The maximum atomic E-state index is 12.1. The van der Waals surface area contributed by atoms with E-state index < -0.39 is 11.8 Å². The number of nitrogens with one attached hydrogen (secondary N) is 2. The Hall–Kier alpha value is -2.90. The molecule has 1 saturated heterocycles. The van der Waals surface area contributed by atoms with E-state index in [4.69, 9.17) is 9.47 Å². The lowest BCUT2D eigenvalue weighted by Gasteiger charge is -2.33. The number of methoxy groups -OCH3 is 1. The van der Waals surface area contributed by atoms with E-state index in [-0.39, 0.29) is 6.10 Å². The fourth-order valence-electron chi connectivity index (χ4n) is 3.11. The Morgan fingerprint density at radius 3 is 2.64 bits per heavy atom. The smallest absolute Gasteiger partial charge is 0.313 e. The molecule has 0 radical (unpaired) electrons. The van der Waals surface area contributed by atoms with E-state index in [9.17, 15) is 9.59 Å². The number of anilines is 1. The number of rotatable bonds is 6. The first-order valence-corrected chi connectivity index (χ1v) is 9.28. The molecular formula is C21H25N3O4. The van der Waals surface area contributed by atoms with Crippen molar-refractivity contribution in [3.8, 4) is 5.75 Å². The van der Waals surface area contributed by atoms with Crippen molar-refractivity contribution >= 4 is 17.5 Å². The van der Waals surface area contributed by atoms with Gasteiger partial charge in [0, 0.05) is 26.2 Å². The van der Waals surface area contributed by atoms with Crippen LogP contribution >= 0.6 is 0 Å². The summed E-state index contributed by atoms with van der Waals surface area (Å²) in [4.78, 5) is 26.4. The molecule has 0 aliphatic carbocycles. The van der Waals surface area contributed by atoms with Crippen molar-refractivity contribution in [2.75, 3.05) is 45.2 Å². The van der Waals surface area contributed by atoms with E-state index in [0.717, 1.165) is 18.7 Å². The summed E-state index contributed by atoms with van der Waals surface area (Å²) in [7, 11) is 1.51. The van der Waals surface area contributed by atoms with Gasteiger partial charge in [0.05, 0.1) is 25.5 Å². The highest BCUT2D eigenvalue weighted by Gasteiger charge is 2.22. The Bertz CT molecular complexity index is 797. The zero-order valence-electron chi connectivity index (χ0n) is 15.9. The van der Waals surface area contributed by atoms with Gasteiger partial charge in [-0.3, -0.25) is 14.5 Å². The number of ether oxygens (including phenoxy) is 2. The predicted molar refractivity (Wildman–Crippen MR) is 106 cm³/mol. The van der Waals surface area contributed by atoms with Gasteiger partial charge in [-0.25, -0.2) is 0 Å². The molecule has 7 nitrogen and oxygen atoms in total. The second kappa shape index (κ2) is 9.87. The molecule has 2 aromatic rings. The summed E-state index contributed by atoms with van der Waals surface area (Å²) >= 11 is 0. The SMILES string of the molecule is COc1ccccc1NC(=O)C(=O)NCCN1CCOC(c2ccccc2)C1. The van der Waals surface area contributed by atoms with Crippen LogP contribution in [0.1, 0.15) is 11.7 Å². The highest BCUT2D eigenvalue weighted by molar-refractivity contribution is 6.39. The summed E-state index contributed by atoms with van der Waals surface area (Å²) in [6.07, 6.45) is 0.0273. The van der Waals surface area contributed by atoms with Gasteiger partial charge in [-0.2, -0.15) is 0 Å². The van der Waals surface area contributed by atoms with Crippen LogP contribution in [0.2, 0.25) is 0 Å². The Kier molecular flexibility index (Phi) is 7.00. The number of amides is 2. The van der Waals surface area contributed by atoms with Crippen LogP contribution in [0.3, 0.4) is 0 Å². The minimum absolute atomic E-state index is 0.0273. The topological polar surface area (TPSA) is 79.9 Å². The monoisotopic (exact) mass is 383 g/mol. The number of benzene rings is 2. The van der Waals surface area contributed by atoms with Crippen LogP contribution in [-0.4, -0.2) is 56.6 Å². The fourth-order valence-corrected chi connectivity index (χ4v) is 3.11. The molecule has 3 rings (SSSR count). The lowest BCUT2D eigenvalue weighted by molar-refractivity contribution is -0.136. The van der Waals surface area contributed by atoms with E-state index in [1.54, 1.807) is 24.3 Å². The Labute approximate surface area is 164 Å². The van der Waals surface area contributed by atoms with Gasteiger partial charge in [0.1, 0.15) is 5.75 Å². The first-order chi connectivity index (χ1) is 13.7. The molecule has 1 heterocycles. The number of nitrogens with zero attached hydrogens (tertiary/aromatic N) is 1. The normalized spacial score (nSPS) is 17.0. The molecule has 1 fully saturated rings. The molecule has 1 atom stereocenters. The largest absolute Gasteiger partial charge is 0.495 e. The van der Waals surface area contributed by atoms with Gasteiger partial charge < -0.3 is 20.1 Å². The van der Waals surface area contributed by atoms with Crippen molar-refractivity contribution < 1.29 is 19.1 Å². The summed E-state index contributed by atoms with van der Waals surface area (Å²) in [6, 6.07) is 17.0. The highest BCUT2D eigenvalue weighted by Crippen LogP contribution is 2.23. The van der Waals surface area contributed by atoms with Crippen LogP contribution in [0, 0.1) is 0 Å². The van der Waals surface area contributed by atoms with Crippen molar-refractivity contribution in [1.82, 2.24) is 10.2 Å². The first kappa shape index (κ1) is 19.9. The Morgan fingerprint density at radius 1 is 1.11 bits per heavy atom. The minimum Gasteiger partial charge on any atom is -0.495 e. The number of morpholine rings is 1. The van der Waals surface area contributed by atoms with Crippen LogP contribution in [0.4, 0.5) is 5.69 Å². The van der Waals surface area contributed by atoms with E-state index >= 15 is 0 Å². The van der Waals surface area contributed by atoms with Gasteiger partial charge in [-0.15, -0.1) is 0 Å². The Balaban J connectivity index is 1.44. The van der Waals surface area contributed by atoms with Gasteiger partial charge >= 0.3 is 11.8 Å². The third-order valence-corrected chi connectivity index (χ3v) is 4.60. The molecule has 1 aliphatic rings. The average molecular weight is 383 g/mol. The Morgan fingerprint density at radius 2 is 1.86 bits per heavy atom. The number of carbonyl (C=O) groups is 2. The van der Waals surface area contributed by atoms with Crippen LogP contribution in [0.15, 0.2) is 54.6 Å². The molecule has 0 aromatic heterocycles.